The molecule has 88 valence electrons. The number of anilines is 3. The fraction of sp³-hybridized carbons (Fsp3) is 0.143. The molecule has 2 rings (SSSR count). The predicted octanol–water partition coefficient (Wildman–Crippen LogP) is 4.54. The summed E-state index contributed by atoms with van der Waals surface area (Å²) in [6.45, 7) is 2.08. The summed E-state index contributed by atoms with van der Waals surface area (Å²) in [5, 5.41) is 6.50. The summed E-state index contributed by atoms with van der Waals surface area (Å²) in [6.07, 6.45) is 0. The third kappa shape index (κ3) is 3.01. The molecule has 2 aromatic rings. The summed E-state index contributed by atoms with van der Waals surface area (Å²) in [6, 6.07) is 14.4. The monoisotopic (exact) mass is 290 g/mol. The Morgan fingerprint density at radius 2 is 1.65 bits per heavy atom. The Hall–Kier alpha value is -1.48. The van der Waals surface area contributed by atoms with Crippen LogP contribution in [-0.4, -0.2) is 7.05 Å². The molecular weight excluding hydrogens is 276 g/mol. The van der Waals surface area contributed by atoms with E-state index < -0.39 is 0 Å². The molecule has 0 spiro atoms. The van der Waals surface area contributed by atoms with Crippen LogP contribution in [0.1, 0.15) is 5.56 Å². The van der Waals surface area contributed by atoms with E-state index in [9.17, 15) is 0 Å². The smallest absolute Gasteiger partial charge is 0.0404 e. The van der Waals surface area contributed by atoms with Crippen molar-refractivity contribution in [3.05, 3.63) is 52.5 Å². The van der Waals surface area contributed by atoms with E-state index in [0.29, 0.717) is 0 Å². The van der Waals surface area contributed by atoms with Crippen LogP contribution in [-0.2, 0) is 0 Å². The first-order chi connectivity index (χ1) is 8.19. The minimum atomic E-state index is 1.08. The Morgan fingerprint density at radius 1 is 0.941 bits per heavy atom. The van der Waals surface area contributed by atoms with Gasteiger partial charge in [-0.25, -0.2) is 0 Å². The van der Waals surface area contributed by atoms with Gasteiger partial charge in [0.05, 0.1) is 0 Å². The number of nitrogens with one attached hydrogen (secondary N) is 2. The molecule has 0 saturated carbocycles. The van der Waals surface area contributed by atoms with Crippen molar-refractivity contribution in [3.8, 4) is 0 Å². The van der Waals surface area contributed by atoms with Crippen molar-refractivity contribution >= 4 is 33.0 Å². The van der Waals surface area contributed by atoms with Crippen LogP contribution >= 0.6 is 15.9 Å². The molecule has 0 aliphatic heterocycles. The highest BCUT2D eigenvalue weighted by atomic mass is 79.9. The third-order valence-electron chi connectivity index (χ3n) is 2.61. The maximum absolute atomic E-state index is 3.54. The number of halogens is 1. The Kier molecular flexibility index (Phi) is 3.69. The van der Waals surface area contributed by atoms with Gasteiger partial charge in [-0.15, -0.1) is 0 Å². The Balaban J connectivity index is 2.22. The van der Waals surface area contributed by atoms with Gasteiger partial charge >= 0.3 is 0 Å². The van der Waals surface area contributed by atoms with Crippen molar-refractivity contribution in [2.75, 3.05) is 17.7 Å². The van der Waals surface area contributed by atoms with Gasteiger partial charge in [-0.05, 0) is 42.8 Å². The standard InChI is InChI=1S/C14H15BrN2/c1-10-6-7-13(9-14(10)15)17-12-5-3-4-11(8-12)16-2/h3-9,16-17H,1-2H3. The van der Waals surface area contributed by atoms with Crippen molar-refractivity contribution in [1.29, 1.82) is 0 Å². The van der Waals surface area contributed by atoms with Gasteiger partial charge in [0.2, 0.25) is 0 Å². The van der Waals surface area contributed by atoms with Crippen molar-refractivity contribution < 1.29 is 0 Å². The van der Waals surface area contributed by atoms with Crippen LogP contribution < -0.4 is 10.6 Å². The lowest BCUT2D eigenvalue weighted by Gasteiger charge is -2.09. The van der Waals surface area contributed by atoms with Crippen LogP contribution in [0, 0.1) is 6.92 Å². The topological polar surface area (TPSA) is 24.1 Å². The van der Waals surface area contributed by atoms with E-state index in [1.807, 2.05) is 19.2 Å². The Morgan fingerprint density at radius 3 is 2.35 bits per heavy atom. The molecule has 0 aliphatic carbocycles. The van der Waals surface area contributed by atoms with Gasteiger partial charge in [0, 0.05) is 28.6 Å². The first-order valence-corrected chi connectivity index (χ1v) is 6.29. The van der Waals surface area contributed by atoms with E-state index in [1.54, 1.807) is 0 Å². The van der Waals surface area contributed by atoms with Gasteiger partial charge in [-0.3, -0.25) is 0 Å². The summed E-state index contributed by atoms with van der Waals surface area (Å²) in [7, 11) is 1.92. The largest absolute Gasteiger partial charge is 0.388 e. The van der Waals surface area contributed by atoms with Crippen LogP contribution in [0.5, 0.6) is 0 Å². The molecule has 0 fully saturated rings. The molecule has 0 unspecified atom stereocenters. The highest BCUT2D eigenvalue weighted by Gasteiger charge is 1.99. The molecule has 0 heterocycles. The van der Waals surface area contributed by atoms with Gasteiger partial charge in [0.15, 0.2) is 0 Å². The fourth-order valence-corrected chi connectivity index (χ4v) is 1.97. The molecule has 17 heavy (non-hydrogen) atoms. The summed E-state index contributed by atoms with van der Waals surface area (Å²) in [5.41, 5.74) is 4.49. The summed E-state index contributed by atoms with van der Waals surface area (Å²) >= 11 is 3.54. The minimum absolute atomic E-state index is 1.08. The average Bonchev–Trinajstić information content (AvgIpc) is 2.34. The summed E-state index contributed by atoms with van der Waals surface area (Å²) in [4.78, 5) is 0. The molecule has 0 radical (unpaired) electrons. The number of hydrogen-bond acceptors (Lipinski definition) is 2. The second-order valence-corrected chi connectivity index (χ2v) is 4.77. The van der Waals surface area contributed by atoms with E-state index >= 15 is 0 Å². The SMILES string of the molecule is CNc1cccc(Nc2ccc(C)c(Br)c2)c1. The second-order valence-electron chi connectivity index (χ2n) is 3.92. The Bertz CT molecular complexity index is 523. The van der Waals surface area contributed by atoms with Crippen molar-refractivity contribution in [3.63, 3.8) is 0 Å². The fourth-order valence-electron chi connectivity index (χ4n) is 1.59. The molecule has 0 bridgehead atoms. The van der Waals surface area contributed by atoms with Crippen LogP contribution in [0.25, 0.3) is 0 Å². The highest BCUT2D eigenvalue weighted by Crippen LogP contribution is 2.24. The highest BCUT2D eigenvalue weighted by molar-refractivity contribution is 9.10. The van der Waals surface area contributed by atoms with Crippen LogP contribution in [0.2, 0.25) is 0 Å². The quantitative estimate of drug-likeness (QED) is 0.867. The molecule has 2 N–H and O–H groups in total. The van der Waals surface area contributed by atoms with Crippen molar-refractivity contribution in [2.45, 2.75) is 6.92 Å². The number of benzene rings is 2. The molecule has 2 aromatic carbocycles. The van der Waals surface area contributed by atoms with E-state index in [1.165, 1.54) is 5.56 Å². The van der Waals surface area contributed by atoms with E-state index in [0.717, 1.165) is 21.5 Å². The molecular formula is C14H15BrN2. The second kappa shape index (κ2) is 5.23. The van der Waals surface area contributed by atoms with Gasteiger partial charge in [0.1, 0.15) is 0 Å². The zero-order valence-electron chi connectivity index (χ0n) is 9.92. The lowest BCUT2D eigenvalue weighted by Crippen LogP contribution is -1.93. The molecule has 0 aliphatic rings. The normalized spacial score (nSPS) is 10.1. The summed E-state index contributed by atoms with van der Waals surface area (Å²) in [5.74, 6) is 0. The van der Waals surface area contributed by atoms with Crippen LogP contribution in [0.3, 0.4) is 0 Å². The molecule has 2 nitrogen and oxygen atoms in total. The minimum Gasteiger partial charge on any atom is -0.388 e. The third-order valence-corrected chi connectivity index (χ3v) is 3.47. The van der Waals surface area contributed by atoms with E-state index in [2.05, 4.69) is 63.8 Å². The van der Waals surface area contributed by atoms with Crippen LogP contribution in [0.15, 0.2) is 46.9 Å². The molecule has 3 heteroatoms. The first kappa shape index (κ1) is 12.0. The van der Waals surface area contributed by atoms with Gasteiger partial charge < -0.3 is 10.6 Å². The lowest BCUT2D eigenvalue weighted by atomic mass is 10.2. The number of hydrogen-bond donors (Lipinski definition) is 2. The van der Waals surface area contributed by atoms with Gasteiger partial charge in [0.25, 0.3) is 0 Å². The van der Waals surface area contributed by atoms with Gasteiger partial charge in [-0.1, -0.05) is 28.1 Å². The van der Waals surface area contributed by atoms with Gasteiger partial charge in [-0.2, -0.15) is 0 Å². The van der Waals surface area contributed by atoms with Crippen molar-refractivity contribution in [2.24, 2.45) is 0 Å². The molecule has 0 atom stereocenters. The van der Waals surface area contributed by atoms with E-state index in [4.69, 9.17) is 0 Å². The molecule has 0 amide bonds. The molecule has 0 saturated heterocycles. The maximum Gasteiger partial charge on any atom is 0.0404 e. The van der Waals surface area contributed by atoms with Crippen LogP contribution in [0.4, 0.5) is 17.1 Å². The average molecular weight is 291 g/mol. The first-order valence-electron chi connectivity index (χ1n) is 5.50. The van der Waals surface area contributed by atoms with E-state index in [-0.39, 0.29) is 0 Å². The zero-order valence-corrected chi connectivity index (χ0v) is 11.5. The van der Waals surface area contributed by atoms with Crippen molar-refractivity contribution in [1.82, 2.24) is 0 Å². The number of aryl methyl sites for hydroxylation is 1. The summed E-state index contributed by atoms with van der Waals surface area (Å²) < 4.78 is 1.12. The predicted molar refractivity (Wildman–Crippen MR) is 78.2 cm³/mol. The number of rotatable bonds is 3. The lowest BCUT2D eigenvalue weighted by molar-refractivity contribution is 1.41. The maximum atomic E-state index is 3.54. The Labute approximate surface area is 110 Å². The molecule has 0 aromatic heterocycles. The zero-order chi connectivity index (χ0) is 12.3.